The van der Waals surface area contributed by atoms with Crippen LogP contribution in [0.4, 0.5) is 8.78 Å². The SMILES string of the molecule is CC(Cc1nc(C(F)F)c(C(=O)O)o1)CC(C)(C)C. The van der Waals surface area contributed by atoms with Crippen LogP contribution >= 0.6 is 0 Å². The van der Waals surface area contributed by atoms with Crippen molar-refractivity contribution in [2.24, 2.45) is 11.3 Å². The van der Waals surface area contributed by atoms with Gasteiger partial charge in [0.05, 0.1) is 0 Å². The summed E-state index contributed by atoms with van der Waals surface area (Å²) in [7, 11) is 0. The van der Waals surface area contributed by atoms with Gasteiger partial charge in [0.2, 0.25) is 5.76 Å². The third kappa shape index (κ3) is 4.61. The minimum absolute atomic E-state index is 0.0597. The monoisotopic (exact) mass is 275 g/mol. The van der Waals surface area contributed by atoms with Crippen LogP contribution in [0.2, 0.25) is 0 Å². The summed E-state index contributed by atoms with van der Waals surface area (Å²) in [6.07, 6.45) is -1.73. The minimum Gasteiger partial charge on any atom is -0.475 e. The zero-order valence-electron chi connectivity index (χ0n) is 11.5. The topological polar surface area (TPSA) is 63.3 Å². The summed E-state index contributed by atoms with van der Waals surface area (Å²) >= 11 is 0. The van der Waals surface area contributed by atoms with Crippen molar-refractivity contribution in [3.63, 3.8) is 0 Å². The molecule has 0 saturated carbocycles. The first kappa shape index (κ1) is 15.6. The standard InChI is InChI=1S/C13H19F2NO3/c1-7(6-13(2,3)4)5-8-16-9(11(14)15)10(19-8)12(17)18/h7,11H,5-6H2,1-4H3,(H,17,18). The van der Waals surface area contributed by atoms with Gasteiger partial charge in [-0.3, -0.25) is 0 Å². The molecule has 0 bridgehead atoms. The number of hydrogen-bond acceptors (Lipinski definition) is 3. The van der Waals surface area contributed by atoms with Crippen LogP contribution in [-0.2, 0) is 6.42 Å². The first-order valence-corrected chi connectivity index (χ1v) is 6.11. The molecule has 1 aromatic heterocycles. The van der Waals surface area contributed by atoms with E-state index in [1.807, 2.05) is 6.92 Å². The molecule has 0 aliphatic heterocycles. The van der Waals surface area contributed by atoms with Crippen LogP contribution in [0.5, 0.6) is 0 Å². The van der Waals surface area contributed by atoms with Crippen LogP contribution in [0.3, 0.4) is 0 Å². The Bertz CT molecular complexity index is 449. The molecule has 0 aliphatic carbocycles. The molecule has 4 nitrogen and oxygen atoms in total. The van der Waals surface area contributed by atoms with Gasteiger partial charge in [0.1, 0.15) is 0 Å². The average Bonchev–Trinajstić information content (AvgIpc) is 2.58. The van der Waals surface area contributed by atoms with E-state index in [1.165, 1.54) is 0 Å². The molecule has 0 fully saturated rings. The number of carboxylic acid groups (broad SMARTS) is 1. The van der Waals surface area contributed by atoms with Crippen LogP contribution in [-0.4, -0.2) is 16.1 Å². The molecule has 1 unspecified atom stereocenters. The smallest absolute Gasteiger partial charge is 0.374 e. The summed E-state index contributed by atoms with van der Waals surface area (Å²) < 4.78 is 30.2. The average molecular weight is 275 g/mol. The van der Waals surface area contributed by atoms with Gasteiger partial charge in [0, 0.05) is 6.42 Å². The van der Waals surface area contributed by atoms with Crippen LogP contribution in [0.25, 0.3) is 0 Å². The maximum atomic E-state index is 12.6. The Morgan fingerprint density at radius 2 is 2.00 bits per heavy atom. The van der Waals surface area contributed by atoms with Gasteiger partial charge in [0.15, 0.2) is 11.6 Å². The van der Waals surface area contributed by atoms with Crippen LogP contribution in [0.1, 0.15) is 62.7 Å². The summed E-state index contributed by atoms with van der Waals surface area (Å²) in [5, 5.41) is 8.78. The Hall–Kier alpha value is -1.46. The Balaban J connectivity index is 2.85. The van der Waals surface area contributed by atoms with Gasteiger partial charge in [-0.25, -0.2) is 18.6 Å². The second kappa shape index (κ2) is 5.67. The van der Waals surface area contributed by atoms with Crippen molar-refractivity contribution >= 4 is 5.97 Å². The Morgan fingerprint density at radius 3 is 2.37 bits per heavy atom. The molecular formula is C13H19F2NO3. The molecule has 0 radical (unpaired) electrons. The molecule has 1 atom stereocenters. The number of nitrogens with zero attached hydrogens (tertiary/aromatic N) is 1. The van der Waals surface area contributed by atoms with Gasteiger partial charge in [0.25, 0.3) is 6.43 Å². The van der Waals surface area contributed by atoms with Crippen molar-refractivity contribution in [1.29, 1.82) is 0 Å². The maximum absolute atomic E-state index is 12.6. The minimum atomic E-state index is -2.94. The highest BCUT2D eigenvalue weighted by Gasteiger charge is 2.27. The number of rotatable bonds is 5. The number of hydrogen-bond donors (Lipinski definition) is 1. The molecule has 1 N–H and O–H groups in total. The fourth-order valence-electron chi connectivity index (χ4n) is 2.18. The van der Waals surface area contributed by atoms with E-state index in [9.17, 15) is 13.6 Å². The van der Waals surface area contributed by atoms with Gasteiger partial charge in [-0.1, -0.05) is 27.7 Å². The third-order valence-corrected chi connectivity index (χ3v) is 2.58. The molecule has 0 saturated heterocycles. The van der Waals surface area contributed by atoms with E-state index < -0.39 is 23.8 Å². The lowest BCUT2D eigenvalue weighted by Crippen LogP contribution is -2.12. The molecule has 0 spiro atoms. The molecule has 1 aromatic rings. The van der Waals surface area contributed by atoms with Gasteiger partial charge in [-0.15, -0.1) is 0 Å². The molecule has 19 heavy (non-hydrogen) atoms. The number of aromatic nitrogens is 1. The molecule has 1 heterocycles. The molecule has 1 rings (SSSR count). The zero-order chi connectivity index (χ0) is 14.8. The van der Waals surface area contributed by atoms with E-state index in [4.69, 9.17) is 9.52 Å². The quantitative estimate of drug-likeness (QED) is 0.884. The predicted molar refractivity (Wildman–Crippen MR) is 65.4 cm³/mol. The van der Waals surface area contributed by atoms with Crippen molar-refractivity contribution in [3.8, 4) is 0 Å². The predicted octanol–water partition coefficient (Wildman–Crippen LogP) is 3.93. The third-order valence-electron chi connectivity index (χ3n) is 2.58. The number of oxazole rings is 1. The lowest BCUT2D eigenvalue weighted by molar-refractivity contribution is 0.0643. The van der Waals surface area contributed by atoms with Crippen LogP contribution < -0.4 is 0 Å². The molecule has 0 aromatic carbocycles. The van der Waals surface area contributed by atoms with Gasteiger partial charge in [-0.05, 0) is 17.8 Å². The number of alkyl halides is 2. The molecular weight excluding hydrogens is 256 g/mol. The Kier molecular flexibility index (Phi) is 4.66. The highest BCUT2D eigenvalue weighted by atomic mass is 19.3. The Labute approximate surface area is 110 Å². The number of carbonyl (C=O) groups is 1. The van der Waals surface area contributed by atoms with Crippen molar-refractivity contribution < 1.29 is 23.1 Å². The molecule has 0 amide bonds. The first-order chi connectivity index (χ1) is 8.60. The fourth-order valence-corrected chi connectivity index (χ4v) is 2.18. The van der Waals surface area contributed by atoms with E-state index in [0.29, 0.717) is 6.42 Å². The van der Waals surface area contributed by atoms with E-state index >= 15 is 0 Å². The second-order valence-electron chi connectivity index (χ2n) is 6.00. The highest BCUT2D eigenvalue weighted by Crippen LogP contribution is 2.28. The number of carboxylic acids is 1. The summed E-state index contributed by atoms with van der Waals surface area (Å²) in [5.74, 6) is -2.04. The number of halogens is 2. The van der Waals surface area contributed by atoms with E-state index in [2.05, 4.69) is 25.8 Å². The maximum Gasteiger partial charge on any atom is 0.374 e. The van der Waals surface area contributed by atoms with Gasteiger partial charge >= 0.3 is 5.97 Å². The molecule has 6 heteroatoms. The highest BCUT2D eigenvalue weighted by molar-refractivity contribution is 5.85. The number of aromatic carboxylic acids is 1. The zero-order valence-corrected chi connectivity index (χ0v) is 11.5. The summed E-state index contributed by atoms with van der Waals surface area (Å²) in [5.41, 5.74) is -0.682. The fraction of sp³-hybridized carbons (Fsp3) is 0.692. The first-order valence-electron chi connectivity index (χ1n) is 6.11. The van der Waals surface area contributed by atoms with Gasteiger partial charge in [-0.2, -0.15) is 0 Å². The van der Waals surface area contributed by atoms with Crippen molar-refractivity contribution in [2.75, 3.05) is 0 Å². The van der Waals surface area contributed by atoms with Crippen LogP contribution in [0.15, 0.2) is 4.42 Å². The summed E-state index contributed by atoms with van der Waals surface area (Å²) in [4.78, 5) is 14.4. The second-order valence-corrected chi connectivity index (χ2v) is 6.00. The van der Waals surface area contributed by atoms with E-state index in [0.717, 1.165) is 6.42 Å². The summed E-state index contributed by atoms with van der Waals surface area (Å²) in [6, 6.07) is 0. The molecule has 108 valence electrons. The van der Waals surface area contributed by atoms with E-state index in [-0.39, 0.29) is 17.2 Å². The molecule has 0 aliphatic rings. The van der Waals surface area contributed by atoms with E-state index in [1.54, 1.807) is 0 Å². The lowest BCUT2D eigenvalue weighted by Gasteiger charge is -2.22. The van der Waals surface area contributed by atoms with Crippen molar-refractivity contribution in [1.82, 2.24) is 4.98 Å². The van der Waals surface area contributed by atoms with Crippen LogP contribution in [0, 0.1) is 11.3 Å². The van der Waals surface area contributed by atoms with Gasteiger partial charge < -0.3 is 9.52 Å². The largest absolute Gasteiger partial charge is 0.475 e. The normalized spacial score (nSPS) is 13.8. The Morgan fingerprint density at radius 1 is 1.42 bits per heavy atom. The lowest BCUT2D eigenvalue weighted by atomic mass is 9.84. The summed E-state index contributed by atoms with van der Waals surface area (Å²) in [6.45, 7) is 8.18. The van der Waals surface area contributed by atoms with Crippen molar-refractivity contribution in [2.45, 2.75) is 47.0 Å². The van der Waals surface area contributed by atoms with Crippen molar-refractivity contribution in [3.05, 3.63) is 17.3 Å².